The number of hydrogen-bond acceptors (Lipinski definition) is 3. The van der Waals surface area contributed by atoms with Gasteiger partial charge in [0.15, 0.2) is 0 Å². The molecule has 18 heavy (non-hydrogen) atoms. The summed E-state index contributed by atoms with van der Waals surface area (Å²) in [6, 6.07) is 7.97. The van der Waals surface area contributed by atoms with Crippen molar-refractivity contribution in [3.63, 3.8) is 0 Å². The molecule has 0 aliphatic carbocycles. The number of nitrogens with zero attached hydrogens (tertiary/aromatic N) is 1. The Morgan fingerprint density at radius 3 is 2.83 bits per heavy atom. The summed E-state index contributed by atoms with van der Waals surface area (Å²) in [5.41, 5.74) is 2.44. The Morgan fingerprint density at radius 2 is 2.17 bits per heavy atom. The number of hydrogen-bond donors (Lipinski definition) is 1. The van der Waals surface area contributed by atoms with Crippen LogP contribution in [0.1, 0.15) is 12.6 Å². The van der Waals surface area contributed by atoms with Gasteiger partial charge >= 0.3 is 0 Å². The number of aromatic amines is 1. The lowest BCUT2D eigenvalue weighted by Gasteiger charge is -2.06. The third kappa shape index (κ3) is 2.94. The van der Waals surface area contributed by atoms with Gasteiger partial charge in [0.05, 0.1) is 5.69 Å². The van der Waals surface area contributed by atoms with Crippen LogP contribution < -0.4 is 0 Å². The lowest BCUT2D eigenvalue weighted by molar-refractivity contribution is -0.132. The summed E-state index contributed by atoms with van der Waals surface area (Å²) in [5, 5.41) is 7.01. The molecule has 1 aromatic carbocycles. The maximum absolute atomic E-state index is 12.8. The summed E-state index contributed by atoms with van der Waals surface area (Å²) in [4.78, 5) is 10.2. The van der Waals surface area contributed by atoms with Gasteiger partial charge in [-0.05, 0) is 37.3 Å². The first-order chi connectivity index (χ1) is 8.69. The number of H-pyrrole nitrogens is 1. The minimum Gasteiger partial charge on any atom is -0.464 e. The highest BCUT2D eigenvalue weighted by molar-refractivity contribution is 5.59. The van der Waals surface area contributed by atoms with Gasteiger partial charge in [0.25, 0.3) is 6.47 Å². The first-order valence-corrected chi connectivity index (χ1v) is 5.58. The Balaban J connectivity index is 2.10. The first kappa shape index (κ1) is 12.3. The number of benzene rings is 1. The number of ether oxygens (including phenoxy) is 1. The monoisotopic (exact) mass is 248 g/mol. The molecule has 0 saturated carbocycles. The van der Waals surface area contributed by atoms with Gasteiger partial charge in [0.2, 0.25) is 0 Å². The maximum Gasteiger partial charge on any atom is 0.293 e. The van der Waals surface area contributed by atoms with Gasteiger partial charge in [-0.3, -0.25) is 9.89 Å². The number of aromatic nitrogens is 2. The van der Waals surface area contributed by atoms with E-state index in [1.165, 1.54) is 12.1 Å². The van der Waals surface area contributed by atoms with E-state index in [9.17, 15) is 9.18 Å². The van der Waals surface area contributed by atoms with E-state index in [2.05, 4.69) is 10.2 Å². The number of rotatable bonds is 5. The Bertz CT molecular complexity index is 522. The molecule has 0 fully saturated rings. The van der Waals surface area contributed by atoms with Crippen LogP contribution in [-0.4, -0.2) is 22.8 Å². The van der Waals surface area contributed by atoms with E-state index in [-0.39, 0.29) is 11.9 Å². The molecule has 2 aromatic rings. The SMILES string of the molecule is CC(Cc1cc(-c2ccc(F)cc2)n[nH]1)OC=O. The van der Waals surface area contributed by atoms with Gasteiger partial charge in [-0.1, -0.05) is 0 Å². The van der Waals surface area contributed by atoms with E-state index in [0.717, 1.165) is 17.0 Å². The summed E-state index contributed by atoms with van der Waals surface area (Å²) in [7, 11) is 0. The van der Waals surface area contributed by atoms with Crippen LogP contribution in [0.3, 0.4) is 0 Å². The average Bonchev–Trinajstić information content (AvgIpc) is 2.78. The number of halogens is 1. The van der Waals surface area contributed by atoms with Gasteiger partial charge in [-0.15, -0.1) is 0 Å². The summed E-state index contributed by atoms with van der Waals surface area (Å²) in [6.07, 6.45) is 0.358. The molecule has 1 unspecified atom stereocenters. The second kappa shape index (κ2) is 5.44. The Labute approximate surface area is 104 Å². The van der Waals surface area contributed by atoms with Gasteiger partial charge in [-0.2, -0.15) is 5.10 Å². The summed E-state index contributed by atoms with van der Waals surface area (Å²) in [5.74, 6) is -0.275. The summed E-state index contributed by atoms with van der Waals surface area (Å²) < 4.78 is 17.6. The molecule has 1 heterocycles. The van der Waals surface area contributed by atoms with Crippen molar-refractivity contribution in [1.29, 1.82) is 0 Å². The van der Waals surface area contributed by atoms with E-state index in [4.69, 9.17) is 4.74 Å². The molecule has 94 valence electrons. The fourth-order valence-corrected chi connectivity index (χ4v) is 1.69. The van der Waals surface area contributed by atoms with E-state index in [1.54, 1.807) is 19.1 Å². The standard InChI is InChI=1S/C13H13FN2O2/c1-9(18-8-17)6-12-7-13(16-15-12)10-2-4-11(14)5-3-10/h2-5,7-9H,6H2,1H3,(H,15,16). The zero-order valence-corrected chi connectivity index (χ0v) is 9.89. The Hall–Kier alpha value is -2.17. The fourth-order valence-electron chi connectivity index (χ4n) is 1.69. The number of carbonyl (C=O) groups excluding carboxylic acids is 1. The molecule has 0 saturated heterocycles. The summed E-state index contributed by atoms with van der Waals surface area (Å²) >= 11 is 0. The van der Waals surface area contributed by atoms with E-state index >= 15 is 0 Å². The van der Waals surface area contributed by atoms with Crippen molar-refractivity contribution < 1.29 is 13.9 Å². The Kier molecular flexibility index (Phi) is 3.72. The van der Waals surface area contributed by atoms with Crippen LogP contribution in [0, 0.1) is 5.82 Å². The third-order valence-corrected chi connectivity index (χ3v) is 2.57. The zero-order valence-electron chi connectivity index (χ0n) is 9.89. The quantitative estimate of drug-likeness (QED) is 0.826. The van der Waals surface area contributed by atoms with Crippen molar-refractivity contribution in [2.24, 2.45) is 0 Å². The van der Waals surface area contributed by atoms with Crippen LogP contribution in [-0.2, 0) is 16.0 Å². The molecule has 1 N–H and O–H groups in total. The second-order valence-corrected chi connectivity index (χ2v) is 4.03. The molecular weight excluding hydrogens is 235 g/mol. The van der Waals surface area contributed by atoms with Crippen LogP contribution in [0.5, 0.6) is 0 Å². The maximum atomic E-state index is 12.8. The highest BCUT2D eigenvalue weighted by Crippen LogP contribution is 2.18. The molecule has 1 aromatic heterocycles. The highest BCUT2D eigenvalue weighted by atomic mass is 19.1. The van der Waals surface area contributed by atoms with E-state index < -0.39 is 0 Å². The van der Waals surface area contributed by atoms with Crippen molar-refractivity contribution >= 4 is 6.47 Å². The smallest absolute Gasteiger partial charge is 0.293 e. The molecule has 5 heteroatoms. The normalized spacial score (nSPS) is 12.1. The molecule has 0 bridgehead atoms. The van der Waals surface area contributed by atoms with Crippen molar-refractivity contribution in [2.75, 3.05) is 0 Å². The molecular formula is C13H13FN2O2. The van der Waals surface area contributed by atoms with Crippen molar-refractivity contribution in [3.8, 4) is 11.3 Å². The Morgan fingerprint density at radius 1 is 1.44 bits per heavy atom. The largest absolute Gasteiger partial charge is 0.464 e. The average molecular weight is 248 g/mol. The minimum absolute atomic E-state index is 0.205. The van der Waals surface area contributed by atoms with Crippen LogP contribution >= 0.6 is 0 Å². The molecule has 0 aliphatic rings. The molecule has 4 nitrogen and oxygen atoms in total. The summed E-state index contributed by atoms with van der Waals surface area (Å²) in [6.45, 7) is 2.23. The molecule has 1 atom stereocenters. The van der Waals surface area contributed by atoms with Gasteiger partial charge < -0.3 is 4.74 Å². The van der Waals surface area contributed by atoms with Crippen LogP contribution in [0.4, 0.5) is 4.39 Å². The minimum atomic E-state index is -0.275. The molecule has 0 aliphatic heterocycles. The number of carbonyl (C=O) groups is 1. The predicted molar refractivity (Wildman–Crippen MR) is 64.3 cm³/mol. The lowest BCUT2D eigenvalue weighted by Crippen LogP contribution is -2.10. The predicted octanol–water partition coefficient (Wildman–Crippen LogP) is 2.32. The molecule has 2 rings (SSSR count). The number of nitrogens with one attached hydrogen (secondary N) is 1. The fraction of sp³-hybridized carbons (Fsp3) is 0.231. The van der Waals surface area contributed by atoms with Crippen LogP contribution in [0.2, 0.25) is 0 Å². The topological polar surface area (TPSA) is 55.0 Å². The van der Waals surface area contributed by atoms with Crippen molar-refractivity contribution in [3.05, 3.63) is 41.8 Å². The van der Waals surface area contributed by atoms with E-state index in [0.29, 0.717) is 12.9 Å². The van der Waals surface area contributed by atoms with Gasteiger partial charge in [0, 0.05) is 17.7 Å². The zero-order chi connectivity index (χ0) is 13.0. The molecule has 0 spiro atoms. The third-order valence-electron chi connectivity index (χ3n) is 2.57. The first-order valence-electron chi connectivity index (χ1n) is 5.58. The highest BCUT2D eigenvalue weighted by Gasteiger charge is 2.08. The van der Waals surface area contributed by atoms with Gasteiger partial charge in [0.1, 0.15) is 11.9 Å². The van der Waals surface area contributed by atoms with Crippen LogP contribution in [0.25, 0.3) is 11.3 Å². The second-order valence-electron chi connectivity index (χ2n) is 4.03. The van der Waals surface area contributed by atoms with Crippen molar-refractivity contribution in [2.45, 2.75) is 19.4 Å². The molecule has 0 radical (unpaired) electrons. The van der Waals surface area contributed by atoms with E-state index in [1.807, 2.05) is 6.07 Å². The lowest BCUT2D eigenvalue weighted by atomic mass is 10.1. The van der Waals surface area contributed by atoms with Crippen LogP contribution in [0.15, 0.2) is 30.3 Å². The molecule has 0 amide bonds. The van der Waals surface area contributed by atoms with Gasteiger partial charge in [-0.25, -0.2) is 4.39 Å². The van der Waals surface area contributed by atoms with Crippen molar-refractivity contribution in [1.82, 2.24) is 10.2 Å².